The van der Waals surface area contributed by atoms with Crippen LogP contribution in [0.5, 0.6) is 0 Å². The van der Waals surface area contributed by atoms with Gasteiger partial charge in [-0.2, -0.15) is 11.8 Å². The van der Waals surface area contributed by atoms with Gasteiger partial charge in [0.25, 0.3) is 0 Å². The number of amides is 1. The zero-order chi connectivity index (χ0) is 10.8. The summed E-state index contributed by atoms with van der Waals surface area (Å²) in [6.07, 6.45) is 2.58. The molecule has 2 saturated heterocycles. The monoisotopic (exact) mass is 229 g/mol. The van der Waals surface area contributed by atoms with Crippen molar-refractivity contribution in [3.63, 3.8) is 0 Å². The second kappa shape index (κ2) is 4.43. The predicted octanol–water partition coefficient (Wildman–Crippen LogP) is 0.719. The number of hydrogen-bond acceptors (Lipinski definition) is 3. The molecule has 0 radical (unpaired) electrons. The highest BCUT2D eigenvalue weighted by molar-refractivity contribution is 7.99. The van der Waals surface area contributed by atoms with Crippen molar-refractivity contribution in [1.82, 2.24) is 5.32 Å². The largest absolute Gasteiger partial charge is 0.480 e. The van der Waals surface area contributed by atoms with E-state index in [1.807, 2.05) is 11.8 Å². The Hall–Kier alpha value is -0.710. The number of thioether (sulfide) groups is 1. The standard InChI is InChI=1S/C10H15NO3S/c12-9-7(5-8(11-9)10(13)14)6-1-3-15-4-2-6/h6-8H,1-5H2,(H,11,12)(H,13,14). The third kappa shape index (κ3) is 2.27. The lowest BCUT2D eigenvalue weighted by molar-refractivity contribution is -0.140. The van der Waals surface area contributed by atoms with Gasteiger partial charge in [0.05, 0.1) is 0 Å². The first-order valence-corrected chi connectivity index (χ1v) is 6.45. The van der Waals surface area contributed by atoms with Gasteiger partial charge in [0.2, 0.25) is 5.91 Å². The molecule has 2 fully saturated rings. The van der Waals surface area contributed by atoms with Crippen molar-refractivity contribution in [2.24, 2.45) is 11.8 Å². The van der Waals surface area contributed by atoms with Crippen molar-refractivity contribution in [3.05, 3.63) is 0 Å². The van der Waals surface area contributed by atoms with Crippen molar-refractivity contribution in [2.75, 3.05) is 11.5 Å². The van der Waals surface area contributed by atoms with E-state index in [9.17, 15) is 9.59 Å². The van der Waals surface area contributed by atoms with Gasteiger partial charge >= 0.3 is 5.97 Å². The van der Waals surface area contributed by atoms with Gasteiger partial charge in [0, 0.05) is 5.92 Å². The summed E-state index contributed by atoms with van der Waals surface area (Å²) in [6.45, 7) is 0. The van der Waals surface area contributed by atoms with Crippen molar-refractivity contribution in [2.45, 2.75) is 25.3 Å². The molecule has 0 aromatic heterocycles. The zero-order valence-electron chi connectivity index (χ0n) is 8.44. The van der Waals surface area contributed by atoms with Crippen LogP contribution in [-0.2, 0) is 9.59 Å². The molecule has 0 aromatic carbocycles. The summed E-state index contributed by atoms with van der Waals surface area (Å²) in [6, 6.07) is -0.655. The lowest BCUT2D eigenvalue weighted by atomic mass is 9.85. The lowest BCUT2D eigenvalue weighted by Gasteiger charge is -2.25. The van der Waals surface area contributed by atoms with Crippen LogP contribution in [0.3, 0.4) is 0 Å². The Labute approximate surface area is 92.8 Å². The van der Waals surface area contributed by atoms with Crippen molar-refractivity contribution in [3.8, 4) is 0 Å². The van der Waals surface area contributed by atoms with Gasteiger partial charge in [-0.05, 0) is 36.7 Å². The number of carboxylic acid groups (broad SMARTS) is 1. The van der Waals surface area contributed by atoms with Crippen molar-refractivity contribution in [1.29, 1.82) is 0 Å². The van der Waals surface area contributed by atoms with Crippen LogP contribution in [0.1, 0.15) is 19.3 Å². The van der Waals surface area contributed by atoms with Crippen LogP contribution in [0.15, 0.2) is 0 Å². The Morgan fingerprint density at radius 3 is 2.60 bits per heavy atom. The van der Waals surface area contributed by atoms with E-state index in [1.54, 1.807) is 0 Å². The predicted molar refractivity (Wildman–Crippen MR) is 57.7 cm³/mol. The molecule has 2 unspecified atom stereocenters. The molecule has 2 heterocycles. The average molecular weight is 229 g/mol. The molecule has 4 nitrogen and oxygen atoms in total. The Bertz CT molecular complexity index is 276. The second-order valence-electron chi connectivity index (χ2n) is 4.19. The average Bonchev–Trinajstić information content (AvgIpc) is 2.62. The first-order chi connectivity index (χ1) is 7.18. The highest BCUT2D eigenvalue weighted by Gasteiger charge is 2.40. The molecule has 2 N–H and O–H groups in total. The minimum Gasteiger partial charge on any atom is -0.480 e. The minimum absolute atomic E-state index is 0.0562. The summed E-state index contributed by atoms with van der Waals surface area (Å²) in [5, 5.41) is 11.4. The molecule has 15 heavy (non-hydrogen) atoms. The maximum absolute atomic E-state index is 11.6. The van der Waals surface area contributed by atoms with Crippen LogP contribution in [0, 0.1) is 11.8 Å². The van der Waals surface area contributed by atoms with Gasteiger partial charge in [0.1, 0.15) is 6.04 Å². The molecule has 0 aliphatic carbocycles. The van der Waals surface area contributed by atoms with E-state index in [4.69, 9.17) is 5.11 Å². The van der Waals surface area contributed by atoms with Gasteiger partial charge in [0.15, 0.2) is 0 Å². The fourth-order valence-corrected chi connectivity index (χ4v) is 3.53. The summed E-state index contributed by atoms with van der Waals surface area (Å²) >= 11 is 1.92. The minimum atomic E-state index is -0.906. The van der Waals surface area contributed by atoms with Gasteiger partial charge in [-0.3, -0.25) is 4.79 Å². The molecular weight excluding hydrogens is 214 g/mol. The fraction of sp³-hybridized carbons (Fsp3) is 0.800. The third-order valence-corrected chi connectivity index (χ3v) is 4.32. The van der Waals surface area contributed by atoms with Crippen LogP contribution < -0.4 is 5.32 Å². The Morgan fingerprint density at radius 2 is 2.07 bits per heavy atom. The smallest absolute Gasteiger partial charge is 0.326 e. The van der Waals surface area contributed by atoms with Gasteiger partial charge in [-0.1, -0.05) is 0 Å². The normalized spacial score (nSPS) is 32.7. The molecule has 2 rings (SSSR count). The quantitative estimate of drug-likeness (QED) is 0.732. The van der Waals surface area contributed by atoms with E-state index in [-0.39, 0.29) is 11.8 Å². The molecule has 0 bridgehead atoms. The molecule has 0 aromatic rings. The summed E-state index contributed by atoms with van der Waals surface area (Å²) in [4.78, 5) is 22.4. The Morgan fingerprint density at radius 1 is 1.40 bits per heavy atom. The number of carbonyl (C=O) groups excluding carboxylic acids is 1. The van der Waals surface area contributed by atoms with Crippen LogP contribution in [-0.4, -0.2) is 34.5 Å². The van der Waals surface area contributed by atoms with Crippen LogP contribution in [0.4, 0.5) is 0 Å². The molecule has 2 aliphatic rings. The lowest BCUT2D eigenvalue weighted by Crippen LogP contribution is -2.33. The number of aliphatic carboxylic acids is 1. The van der Waals surface area contributed by atoms with Gasteiger partial charge in [-0.15, -0.1) is 0 Å². The summed E-state index contributed by atoms with van der Waals surface area (Å²) < 4.78 is 0. The van der Waals surface area contributed by atoms with Gasteiger partial charge in [-0.25, -0.2) is 4.79 Å². The summed E-state index contributed by atoms with van der Waals surface area (Å²) in [5.74, 6) is 1.58. The van der Waals surface area contributed by atoms with Crippen LogP contribution in [0.2, 0.25) is 0 Å². The van der Waals surface area contributed by atoms with E-state index in [0.29, 0.717) is 12.3 Å². The molecule has 0 saturated carbocycles. The number of hydrogen-bond donors (Lipinski definition) is 2. The molecular formula is C10H15NO3S. The zero-order valence-corrected chi connectivity index (χ0v) is 9.26. The summed E-state index contributed by atoms with van der Waals surface area (Å²) in [5.41, 5.74) is 0. The van der Waals surface area contributed by atoms with Crippen molar-refractivity contribution >= 4 is 23.6 Å². The Kier molecular flexibility index (Phi) is 3.19. The fourth-order valence-electron chi connectivity index (χ4n) is 2.39. The second-order valence-corrected chi connectivity index (χ2v) is 5.42. The van der Waals surface area contributed by atoms with Crippen molar-refractivity contribution < 1.29 is 14.7 Å². The molecule has 5 heteroatoms. The van der Waals surface area contributed by atoms with Crippen LogP contribution in [0.25, 0.3) is 0 Å². The molecule has 1 amide bonds. The van der Waals surface area contributed by atoms with E-state index in [0.717, 1.165) is 24.3 Å². The number of carboxylic acids is 1. The number of carbonyl (C=O) groups is 2. The molecule has 0 spiro atoms. The summed E-state index contributed by atoms with van der Waals surface area (Å²) in [7, 11) is 0. The highest BCUT2D eigenvalue weighted by Crippen LogP contribution is 2.34. The molecule has 2 aliphatic heterocycles. The van der Waals surface area contributed by atoms with E-state index < -0.39 is 12.0 Å². The highest BCUT2D eigenvalue weighted by atomic mass is 32.2. The number of rotatable bonds is 2. The molecule has 84 valence electrons. The van der Waals surface area contributed by atoms with E-state index in [2.05, 4.69) is 5.32 Å². The maximum atomic E-state index is 11.6. The SMILES string of the molecule is O=C(O)C1CC(C2CCSCC2)C(=O)N1. The van der Waals surface area contributed by atoms with Gasteiger partial charge < -0.3 is 10.4 Å². The number of nitrogens with one attached hydrogen (secondary N) is 1. The first-order valence-electron chi connectivity index (χ1n) is 5.29. The molecule has 2 atom stereocenters. The maximum Gasteiger partial charge on any atom is 0.326 e. The third-order valence-electron chi connectivity index (χ3n) is 3.28. The van der Waals surface area contributed by atoms with E-state index >= 15 is 0 Å². The van der Waals surface area contributed by atoms with E-state index in [1.165, 1.54) is 0 Å². The van der Waals surface area contributed by atoms with Crippen LogP contribution >= 0.6 is 11.8 Å². The first kappa shape index (κ1) is 10.8. The Balaban J connectivity index is 1.97. The topological polar surface area (TPSA) is 66.4 Å².